The number of nitrogens with zero attached hydrogens (tertiary/aromatic N) is 3. The summed E-state index contributed by atoms with van der Waals surface area (Å²) in [6, 6.07) is 14.6. The van der Waals surface area contributed by atoms with E-state index in [0.29, 0.717) is 16.2 Å². The number of amides is 4. The normalized spacial score (nSPS) is 20.6. The predicted molar refractivity (Wildman–Crippen MR) is 143 cm³/mol. The Hall–Kier alpha value is -4.33. The summed E-state index contributed by atoms with van der Waals surface area (Å²) in [7, 11) is 0. The second kappa shape index (κ2) is 11.0. The molecule has 2 aliphatic heterocycles. The number of hydrogen-bond acceptors (Lipinski definition) is 5. The Bertz CT molecular complexity index is 1350. The summed E-state index contributed by atoms with van der Waals surface area (Å²) in [6.07, 6.45) is -3.08. The number of nitrogens with one attached hydrogen (secondary N) is 2. The molecule has 1 saturated heterocycles. The highest BCUT2D eigenvalue weighted by atomic mass is 19.3. The zero-order valence-corrected chi connectivity index (χ0v) is 22.5. The first kappa shape index (κ1) is 28.7. The van der Waals surface area contributed by atoms with Crippen LogP contribution in [-0.4, -0.2) is 65.0 Å². The van der Waals surface area contributed by atoms with E-state index in [1.165, 1.54) is 17.0 Å². The molecule has 9 nitrogen and oxygen atoms in total. The van der Waals surface area contributed by atoms with Crippen LogP contribution in [0.2, 0.25) is 0 Å². The molecule has 0 radical (unpaired) electrons. The minimum Gasteiger partial charge on any atom is -0.325 e. The predicted octanol–water partition coefficient (Wildman–Crippen LogP) is 3.54. The molecule has 0 unspecified atom stereocenters. The van der Waals surface area contributed by atoms with Crippen LogP contribution in [0.1, 0.15) is 39.2 Å². The molecule has 2 aliphatic rings. The summed E-state index contributed by atoms with van der Waals surface area (Å²) < 4.78 is 27.6. The number of benzene rings is 2. The molecule has 2 heterocycles. The number of carbonyl (C=O) groups is 4. The Morgan fingerprint density at radius 2 is 1.80 bits per heavy atom. The molecule has 1 fully saturated rings. The number of alkyl halides is 2. The maximum Gasteiger partial charge on any atom is 0.313 e. The van der Waals surface area contributed by atoms with Gasteiger partial charge in [0.25, 0.3) is 6.43 Å². The molecule has 0 aromatic heterocycles. The second-order valence-corrected chi connectivity index (χ2v) is 11.3. The van der Waals surface area contributed by atoms with Crippen molar-refractivity contribution >= 4 is 35.0 Å². The molecule has 210 valence electrons. The highest BCUT2D eigenvalue weighted by Crippen LogP contribution is 2.46. The average Bonchev–Trinajstić information content (AvgIpc) is 3.43. The lowest BCUT2D eigenvalue weighted by Gasteiger charge is -2.37. The van der Waals surface area contributed by atoms with E-state index in [-0.39, 0.29) is 31.0 Å². The van der Waals surface area contributed by atoms with Crippen LogP contribution < -0.4 is 10.6 Å². The largest absolute Gasteiger partial charge is 0.325 e. The molecule has 3 atom stereocenters. The maximum absolute atomic E-state index is 14.1. The fourth-order valence-corrected chi connectivity index (χ4v) is 5.43. The van der Waals surface area contributed by atoms with E-state index in [4.69, 9.17) is 0 Å². The van der Waals surface area contributed by atoms with Gasteiger partial charge in [0.2, 0.25) is 11.8 Å². The minimum atomic E-state index is -3.03. The molecule has 11 heteroatoms. The number of anilines is 2. The summed E-state index contributed by atoms with van der Waals surface area (Å²) in [5.41, 5.74) is -0.314. The van der Waals surface area contributed by atoms with Gasteiger partial charge in [0.15, 0.2) is 0 Å². The molecule has 1 spiro atoms. The maximum atomic E-state index is 14.1. The second-order valence-electron chi connectivity index (χ2n) is 11.3. The lowest BCUT2D eigenvalue weighted by atomic mass is 9.80. The van der Waals surface area contributed by atoms with E-state index < -0.39 is 53.6 Å². The molecular weight excluding hydrogens is 520 g/mol. The molecule has 0 saturated carbocycles. The Labute approximate surface area is 231 Å². The van der Waals surface area contributed by atoms with Gasteiger partial charge in [-0.15, -0.1) is 0 Å². The number of nitriles is 1. The van der Waals surface area contributed by atoms with Gasteiger partial charge < -0.3 is 20.4 Å². The van der Waals surface area contributed by atoms with E-state index in [0.717, 1.165) is 0 Å². The van der Waals surface area contributed by atoms with Gasteiger partial charge in [-0.1, -0.05) is 57.2 Å². The van der Waals surface area contributed by atoms with Crippen molar-refractivity contribution < 1.29 is 28.0 Å². The zero-order valence-electron chi connectivity index (χ0n) is 22.5. The van der Waals surface area contributed by atoms with Crippen molar-refractivity contribution in [3.63, 3.8) is 0 Å². The van der Waals surface area contributed by atoms with Crippen molar-refractivity contribution in [1.29, 1.82) is 5.26 Å². The Kier molecular flexibility index (Phi) is 7.91. The quantitative estimate of drug-likeness (QED) is 0.532. The molecule has 0 aliphatic carbocycles. The highest BCUT2D eigenvalue weighted by Gasteiger charge is 2.57. The summed E-state index contributed by atoms with van der Waals surface area (Å²) in [4.78, 5) is 55.3. The Morgan fingerprint density at radius 3 is 2.42 bits per heavy atom. The van der Waals surface area contributed by atoms with Crippen molar-refractivity contribution in [2.75, 3.05) is 23.7 Å². The average molecular weight is 552 g/mol. The molecule has 2 aromatic rings. The fraction of sp³-hybridized carbons (Fsp3) is 0.414. The molecule has 4 rings (SSSR count). The van der Waals surface area contributed by atoms with Gasteiger partial charge in [0.1, 0.15) is 12.1 Å². The van der Waals surface area contributed by atoms with Crippen LogP contribution in [0.25, 0.3) is 0 Å². The van der Waals surface area contributed by atoms with Crippen molar-refractivity contribution in [3.05, 3.63) is 60.2 Å². The topological polar surface area (TPSA) is 123 Å². The minimum absolute atomic E-state index is 0.0115. The van der Waals surface area contributed by atoms with Gasteiger partial charge in [-0.2, -0.15) is 5.26 Å². The van der Waals surface area contributed by atoms with Crippen LogP contribution in [0.3, 0.4) is 0 Å². The van der Waals surface area contributed by atoms with Gasteiger partial charge >= 0.3 is 11.8 Å². The fourth-order valence-electron chi connectivity index (χ4n) is 5.43. The van der Waals surface area contributed by atoms with Crippen LogP contribution in [0, 0.1) is 16.7 Å². The number of fused-ring (bicyclic) bond motifs is 2. The lowest BCUT2D eigenvalue weighted by molar-refractivity contribution is -0.153. The van der Waals surface area contributed by atoms with Gasteiger partial charge in [-0.3, -0.25) is 19.2 Å². The van der Waals surface area contributed by atoms with E-state index in [1.807, 2.05) is 0 Å². The van der Waals surface area contributed by atoms with Crippen LogP contribution in [-0.2, 0) is 24.6 Å². The first-order chi connectivity index (χ1) is 18.9. The molecule has 2 aromatic carbocycles. The number of hydrogen-bond donors (Lipinski definition) is 2. The highest BCUT2D eigenvalue weighted by molar-refractivity contribution is 6.40. The first-order valence-corrected chi connectivity index (χ1v) is 12.9. The molecule has 40 heavy (non-hydrogen) atoms. The SMILES string of the molecule is CC(C)(C)C[C@@H](C(=O)N1C[C@]2(C[C@H]1C#N)C(=O)Nc1ccccc12)N(CC(F)F)C(=O)C(=O)Nc1ccccc1. The number of likely N-dealkylation sites (tertiary alicyclic amines) is 1. The third-order valence-corrected chi connectivity index (χ3v) is 7.20. The van der Waals surface area contributed by atoms with E-state index in [1.54, 1.807) is 63.2 Å². The van der Waals surface area contributed by atoms with E-state index in [9.17, 15) is 33.2 Å². The monoisotopic (exact) mass is 551 g/mol. The molecule has 2 N–H and O–H groups in total. The number of carbonyl (C=O) groups excluding carboxylic acids is 4. The molecule has 0 bridgehead atoms. The van der Waals surface area contributed by atoms with Crippen LogP contribution in [0.4, 0.5) is 20.2 Å². The van der Waals surface area contributed by atoms with Crippen molar-refractivity contribution in [2.45, 2.75) is 57.5 Å². The van der Waals surface area contributed by atoms with E-state index in [2.05, 4.69) is 16.7 Å². The van der Waals surface area contributed by atoms with Gasteiger partial charge in [0.05, 0.1) is 18.0 Å². The van der Waals surface area contributed by atoms with E-state index >= 15 is 0 Å². The number of rotatable bonds is 6. The van der Waals surface area contributed by atoms with Crippen LogP contribution in [0.15, 0.2) is 54.6 Å². The number of para-hydroxylation sites is 2. The van der Waals surface area contributed by atoms with Gasteiger partial charge in [0, 0.05) is 24.3 Å². The summed E-state index contributed by atoms with van der Waals surface area (Å²) in [6.45, 7) is 4.00. The molecule has 4 amide bonds. The van der Waals surface area contributed by atoms with Crippen LogP contribution in [0.5, 0.6) is 0 Å². The standard InChI is InChI=1S/C29H31F2N5O4/c1-28(2,3)14-22(35(16-23(30)31)26(39)24(37)33-18-9-5-4-6-10-18)25(38)36-17-29(13-19(36)15-32)20-11-7-8-12-21(20)34-27(29)40/h4-12,19,22-23H,13-14,16-17H2,1-3H3,(H,33,37)(H,34,40)/t19-,22-,29-/m0/s1. The van der Waals surface area contributed by atoms with Crippen molar-refractivity contribution in [3.8, 4) is 6.07 Å². The first-order valence-electron chi connectivity index (χ1n) is 12.9. The third kappa shape index (κ3) is 5.66. The summed E-state index contributed by atoms with van der Waals surface area (Å²) >= 11 is 0. The Morgan fingerprint density at radius 1 is 1.15 bits per heavy atom. The van der Waals surface area contributed by atoms with Crippen molar-refractivity contribution in [2.24, 2.45) is 5.41 Å². The van der Waals surface area contributed by atoms with Crippen molar-refractivity contribution in [1.82, 2.24) is 9.80 Å². The smallest absolute Gasteiger partial charge is 0.313 e. The Balaban J connectivity index is 1.69. The van der Waals surface area contributed by atoms with Gasteiger partial charge in [-0.25, -0.2) is 8.78 Å². The molecular formula is C29H31F2N5O4. The van der Waals surface area contributed by atoms with Crippen LogP contribution >= 0.6 is 0 Å². The lowest BCUT2D eigenvalue weighted by Crippen LogP contribution is -2.57. The van der Waals surface area contributed by atoms with Gasteiger partial charge in [-0.05, 0) is 35.6 Å². The zero-order chi connectivity index (χ0) is 29.2. The summed E-state index contributed by atoms with van der Waals surface area (Å²) in [5, 5.41) is 15.2. The summed E-state index contributed by atoms with van der Waals surface area (Å²) in [5.74, 6) is -3.59. The number of halogens is 2. The third-order valence-electron chi connectivity index (χ3n) is 7.20.